The van der Waals surface area contributed by atoms with E-state index in [9.17, 15) is 19.8 Å². The van der Waals surface area contributed by atoms with Crippen molar-refractivity contribution in [2.75, 3.05) is 18.8 Å². The van der Waals surface area contributed by atoms with Gasteiger partial charge in [0, 0.05) is 31.4 Å². The van der Waals surface area contributed by atoms with Gasteiger partial charge in [-0.1, -0.05) is 26.8 Å². The van der Waals surface area contributed by atoms with Gasteiger partial charge in [0.15, 0.2) is 0 Å². The molecular formula is C21H31N3O4S. The number of thioether (sulfide) groups is 1. The van der Waals surface area contributed by atoms with Crippen LogP contribution in [-0.4, -0.2) is 52.8 Å². The number of nitrogens with one attached hydrogen (secondary N) is 2. The molecular weight excluding hydrogens is 390 g/mol. The van der Waals surface area contributed by atoms with Gasteiger partial charge in [-0.05, 0) is 34.6 Å². The highest BCUT2D eigenvalue weighted by molar-refractivity contribution is 7.98. The normalized spacial score (nSPS) is 14.9. The molecule has 1 aromatic carbocycles. The van der Waals surface area contributed by atoms with Gasteiger partial charge in [0.1, 0.15) is 17.6 Å². The molecule has 0 unspecified atom stereocenters. The Balaban J connectivity index is 2.30. The molecule has 1 amide bonds. The van der Waals surface area contributed by atoms with Gasteiger partial charge in [0.2, 0.25) is 5.91 Å². The lowest BCUT2D eigenvalue weighted by Gasteiger charge is -2.25. The van der Waals surface area contributed by atoms with Gasteiger partial charge < -0.3 is 20.8 Å². The first-order valence-corrected chi connectivity index (χ1v) is 10.9. The van der Waals surface area contributed by atoms with E-state index in [-0.39, 0.29) is 17.1 Å². The highest BCUT2D eigenvalue weighted by Gasteiger charge is 2.25. The minimum absolute atomic E-state index is 0.226. The van der Waals surface area contributed by atoms with Crippen LogP contribution in [0.3, 0.4) is 0 Å². The molecule has 0 bridgehead atoms. The number of rotatable bonds is 8. The summed E-state index contributed by atoms with van der Waals surface area (Å²) in [6.07, 6.45) is 0.605. The zero-order chi connectivity index (χ0) is 21.8. The maximum atomic E-state index is 11.4. The predicted molar refractivity (Wildman–Crippen MR) is 117 cm³/mol. The standard InChI is InChI=1S/C21H31N3O4S/c1-12-15(9-18-22-6-7-23-18)14(8-16(19(12)26)21(3,4)5)10-29-11-17(20(27)28)24-13(2)25/h8,17,26H,6-7,9-11H2,1-5H3,(H,22,23)(H,24,25)(H,27,28)/t17-/m0/s1. The summed E-state index contributed by atoms with van der Waals surface area (Å²) in [5.74, 6) is 0.647. The Morgan fingerprint density at radius 3 is 2.59 bits per heavy atom. The predicted octanol–water partition coefficient (Wildman–Crippen LogP) is 2.36. The average Bonchev–Trinajstić information content (AvgIpc) is 3.11. The van der Waals surface area contributed by atoms with E-state index < -0.39 is 12.0 Å². The van der Waals surface area contributed by atoms with Gasteiger partial charge in [0.05, 0.1) is 6.54 Å². The van der Waals surface area contributed by atoms with Crippen molar-refractivity contribution in [3.63, 3.8) is 0 Å². The Morgan fingerprint density at radius 1 is 1.38 bits per heavy atom. The zero-order valence-corrected chi connectivity index (χ0v) is 18.6. The maximum Gasteiger partial charge on any atom is 0.327 e. The number of carbonyl (C=O) groups excluding carboxylic acids is 1. The van der Waals surface area contributed by atoms with Gasteiger partial charge in [-0.3, -0.25) is 9.79 Å². The van der Waals surface area contributed by atoms with Crippen LogP contribution in [0.15, 0.2) is 11.1 Å². The molecule has 160 valence electrons. The largest absolute Gasteiger partial charge is 0.507 e. The fraction of sp³-hybridized carbons (Fsp3) is 0.571. The highest BCUT2D eigenvalue weighted by Crippen LogP contribution is 2.38. The Hall–Kier alpha value is -2.22. The molecule has 0 radical (unpaired) electrons. The fourth-order valence-electron chi connectivity index (χ4n) is 3.30. The summed E-state index contributed by atoms with van der Waals surface area (Å²) in [7, 11) is 0. The third-order valence-electron chi connectivity index (χ3n) is 4.88. The van der Waals surface area contributed by atoms with E-state index in [2.05, 4.69) is 36.4 Å². The molecule has 29 heavy (non-hydrogen) atoms. The van der Waals surface area contributed by atoms with Crippen LogP contribution in [0.25, 0.3) is 0 Å². The molecule has 1 atom stereocenters. The number of aliphatic imine (C=N–C) groups is 1. The van der Waals surface area contributed by atoms with E-state index >= 15 is 0 Å². The van der Waals surface area contributed by atoms with Crippen molar-refractivity contribution in [3.8, 4) is 5.75 Å². The molecule has 0 aliphatic carbocycles. The van der Waals surface area contributed by atoms with E-state index in [1.165, 1.54) is 18.7 Å². The first kappa shape index (κ1) is 23.1. The molecule has 1 heterocycles. The van der Waals surface area contributed by atoms with Crippen LogP contribution < -0.4 is 10.6 Å². The third-order valence-corrected chi connectivity index (χ3v) is 5.97. The number of phenolic OH excluding ortho intramolecular Hbond substituents is 1. The Morgan fingerprint density at radius 2 is 2.07 bits per heavy atom. The minimum atomic E-state index is -1.05. The first-order valence-electron chi connectivity index (χ1n) is 9.70. The lowest BCUT2D eigenvalue weighted by molar-refractivity contribution is -0.140. The molecule has 0 aromatic heterocycles. The molecule has 8 heteroatoms. The van der Waals surface area contributed by atoms with Crippen LogP contribution in [-0.2, 0) is 27.2 Å². The second-order valence-corrected chi connectivity index (χ2v) is 9.35. The Labute approximate surface area is 176 Å². The molecule has 0 saturated heterocycles. The number of carbonyl (C=O) groups is 2. The number of amides is 1. The lowest BCUT2D eigenvalue weighted by atomic mass is 9.82. The number of carboxylic acid groups (broad SMARTS) is 1. The molecule has 0 saturated carbocycles. The molecule has 1 aliphatic rings. The van der Waals surface area contributed by atoms with Crippen molar-refractivity contribution in [2.45, 2.75) is 58.2 Å². The Bertz CT molecular complexity index is 815. The number of phenols is 1. The number of carboxylic acids is 1. The molecule has 7 nitrogen and oxygen atoms in total. The van der Waals surface area contributed by atoms with Gasteiger partial charge in [0.25, 0.3) is 0 Å². The van der Waals surface area contributed by atoms with Crippen molar-refractivity contribution in [1.29, 1.82) is 0 Å². The second kappa shape index (κ2) is 9.52. The number of nitrogens with zero attached hydrogens (tertiary/aromatic N) is 1. The summed E-state index contributed by atoms with van der Waals surface area (Å²) in [5.41, 5.74) is 3.55. The lowest BCUT2D eigenvalue weighted by Crippen LogP contribution is -2.41. The van der Waals surface area contributed by atoms with Crippen molar-refractivity contribution in [2.24, 2.45) is 4.99 Å². The molecule has 4 N–H and O–H groups in total. The SMILES string of the molecule is CC(=O)N[C@@H](CSCc1cc(C(C)(C)C)c(O)c(C)c1CC1=NCCN1)C(=O)O. The number of benzene rings is 1. The topological polar surface area (TPSA) is 111 Å². The summed E-state index contributed by atoms with van der Waals surface area (Å²) >= 11 is 1.45. The third kappa shape index (κ3) is 6.13. The van der Waals surface area contributed by atoms with Crippen molar-refractivity contribution in [3.05, 3.63) is 28.3 Å². The number of hydrogen-bond acceptors (Lipinski definition) is 6. The van der Waals surface area contributed by atoms with E-state index in [1.807, 2.05) is 13.0 Å². The second-order valence-electron chi connectivity index (χ2n) is 8.32. The van der Waals surface area contributed by atoms with E-state index in [0.29, 0.717) is 17.9 Å². The van der Waals surface area contributed by atoms with Crippen LogP contribution in [0, 0.1) is 6.92 Å². The van der Waals surface area contributed by atoms with Crippen LogP contribution in [0.1, 0.15) is 49.9 Å². The maximum absolute atomic E-state index is 11.4. The van der Waals surface area contributed by atoms with Gasteiger partial charge in [-0.25, -0.2) is 4.79 Å². The molecule has 0 spiro atoms. The number of aliphatic carboxylic acids is 1. The minimum Gasteiger partial charge on any atom is -0.507 e. The van der Waals surface area contributed by atoms with Crippen molar-refractivity contribution < 1.29 is 19.8 Å². The summed E-state index contributed by atoms with van der Waals surface area (Å²) in [5, 5.41) is 25.9. The van der Waals surface area contributed by atoms with E-state index in [0.717, 1.165) is 41.2 Å². The quantitative estimate of drug-likeness (QED) is 0.513. The molecule has 1 aliphatic heterocycles. The van der Waals surface area contributed by atoms with Crippen LogP contribution in [0.5, 0.6) is 5.75 Å². The summed E-state index contributed by atoms with van der Waals surface area (Å²) < 4.78 is 0. The molecule has 1 aromatic rings. The van der Waals surface area contributed by atoms with Gasteiger partial charge in [-0.2, -0.15) is 11.8 Å². The van der Waals surface area contributed by atoms with Gasteiger partial charge >= 0.3 is 5.97 Å². The smallest absolute Gasteiger partial charge is 0.327 e. The summed E-state index contributed by atoms with van der Waals surface area (Å²) in [6.45, 7) is 11.0. The van der Waals surface area contributed by atoms with Crippen LogP contribution >= 0.6 is 11.8 Å². The zero-order valence-electron chi connectivity index (χ0n) is 17.8. The summed E-state index contributed by atoms with van der Waals surface area (Å²) in [4.78, 5) is 27.1. The first-order chi connectivity index (χ1) is 13.5. The fourth-order valence-corrected chi connectivity index (χ4v) is 4.36. The van der Waals surface area contributed by atoms with Crippen molar-refractivity contribution in [1.82, 2.24) is 10.6 Å². The average molecular weight is 422 g/mol. The number of aromatic hydroxyl groups is 1. The number of hydrogen-bond donors (Lipinski definition) is 4. The summed E-state index contributed by atoms with van der Waals surface area (Å²) in [6, 6.07) is 1.09. The van der Waals surface area contributed by atoms with Crippen LogP contribution in [0.4, 0.5) is 0 Å². The van der Waals surface area contributed by atoms with Gasteiger partial charge in [-0.15, -0.1) is 0 Å². The van der Waals surface area contributed by atoms with Crippen molar-refractivity contribution >= 4 is 29.5 Å². The Kier molecular flexibility index (Phi) is 7.57. The highest BCUT2D eigenvalue weighted by atomic mass is 32.2. The van der Waals surface area contributed by atoms with E-state index in [4.69, 9.17) is 0 Å². The molecule has 2 rings (SSSR count). The van der Waals surface area contributed by atoms with Crippen LogP contribution in [0.2, 0.25) is 0 Å². The molecule has 0 fully saturated rings. The number of amidine groups is 1. The van der Waals surface area contributed by atoms with E-state index in [1.54, 1.807) is 0 Å². The monoisotopic (exact) mass is 421 g/mol.